The fourth-order valence-corrected chi connectivity index (χ4v) is 1.41. The van der Waals surface area contributed by atoms with Gasteiger partial charge in [0.05, 0.1) is 18.4 Å². The molecule has 0 fully saturated rings. The van der Waals surface area contributed by atoms with Crippen molar-refractivity contribution in [3.8, 4) is 0 Å². The number of hydrogen-bond acceptors (Lipinski definition) is 5. The second-order valence-electron chi connectivity index (χ2n) is 3.16. The third-order valence-electron chi connectivity index (χ3n) is 1.97. The topological polar surface area (TPSA) is 97.5 Å². The van der Waals surface area contributed by atoms with E-state index in [-0.39, 0.29) is 0 Å². The third-order valence-corrected chi connectivity index (χ3v) is 1.97. The summed E-state index contributed by atoms with van der Waals surface area (Å²) in [7, 11) is 0. The Hall–Kier alpha value is -1.30. The number of ketones is 2. The average molecular weight is 203 g/mol. The highest BCUT2D eigenvalue weighted by atomic mass is 16.6. The minimum atomic E-state index is -1.06. The van der Waals surface area contributed by atoms with Gasteiger partial charge in [-0.25, -0.2) is 0 Å². The Kier molecular flexibility index (Phi) is 4.93. The third kappa shape index (κ3) is 3.61. The van der Waals surface area contributed by atoms with Crippen LogP contribution in [0.15, 0.2) is 0 Å². The van der Waals surface area contributed by atoms with Gasteiger partial charge in [-0.05, 0) is 13.8 Å². The molecule has 0 saturated heterocycles. The zero-order valence-corrected chi connectivity index (χ0v) is 8.10. The number of hydrogen-bond donors (Lipinski definition) is 1. The lowest BCUT2D eigenvalue weighted by molar-refractivity contribution is -0.489. The van der Waals surface area contributed by atoms with Gasteiger partial charge in [0.25, 0.3) is 0 Å². The van der Waals surface area contributed by atoms with Gasteiger partial charge in [0.15, 0.2) is 0 Å². The molecule has 1 atom stereocenters. The molecule has 6 nitrogen and oxygen atoms in total. The second-order valence-corrected chi connectivity index (χ2v) is 3.16. The van der Waals surface area contributed by atoms with E-state index in [1.807, 2.05) is 0 Å². The molecule has 0 saturated carbocycles. The summed E-state index contributed by atoms with van der Waals surface area (Å²) in [4.78, 5) is 31.6. The molecule has 0 radical (unpaired) electrons. The summed E-state index contributed by atoms with van der Waals surface area (Å²) >= 11 is 0. The van der Waals surface area contributed by atoms with E-state index < -0.39 is 41.5 Å². The molecule has 0 bridgehead atoms. The van der Waals surface area contributed by atoms with E-state index >= 15 is 0 Å². The first-order chi connectivity index (χ1) is 6.40. The highest BCUT2D eigenvalue weighted by Crippen LogP contribution is 2.14. The molecular weight excluding hydrogens is 190 g/mol. The predicted molar refractivity (Wildman–Crippen MR) is 47.3 cm³/mol. The fraction of sp³-hybridized carbons (Fsp3) is 0.750. The van der Waals surface area contributed by atoms with Gasteiger partial charge in [0.2, 0.25) is 6.54 Å². The number of aliphatic hydroxyl groups excluding tert-OH is 1. The van der Waals surface area contributed by atoms with Crippen molar-refractivity contribution < 1.29 is 19.6 Å². The normalized spacial score (nSPS) is 12.6. The Morgan fingerprint density at radius 3 is 2.00 bits per heavy atom. The lowest BCUT2D eigenvalue weighted by Crippen LogP contribution is -2.35. The maximum atomic E-state index is 11.0. The smallest absolute Gasteiger partial charge is 0.210 e. The number of aliphatic hydroxyl groups is 1. The molecular formula is C8H13NO5. The Labute approximate surface area is 81.1 Å². The Morgan fingerprint density at radius 2 is 1.79 bits per heavy atom. The van der Waals surface area contributed by atoms with Crippen LogP contribution >= 0.6 is 0 Å². The van der Waals surface area contributed by atoms with Crippen LogP contribution in [-0.4, -0.2) is 34.7 Å². The van der Waals surface area contributed by atoms with E-state index in [2.05, 4.69) is 0 Å². The molecule has 0 aromatic heterocycles. The molecule has 1 N–H and O–H groups in total. The van der Waals surface area contributed by atoms with Crippen LogP contribution in [0.3, 0.4) is 0 Å². The van der Waals surface area contributed by atoms with Crippen molar-refractivity contribution in [3.63, 3.8) is 0 Å². The fourth-order valence-electron chi connectivity index (χ4n) is 1.41. The summed E-state index contributed by atoms with van der Waals surface area (Å²) in [6.45, 7) is 1.27. The van der Waals surface area contributed by atoms with Crippen LogP contribution in [0.5, 0.6) is 0 Å². The number of carbonyl (C=O) groups is 2. The van der Waals surface area contributed by atoms with Gasteiger partial charge in [0, 0.05) is 4.92 Å². The number of carbonyl (C=O) groups excluding carboxylic acids is 2. The van der Waals surface area contributed by atoms with Gasteiger partial charge in [-0.3, -0.25) is 19.7 Å². The Morgan fingerprint density at radius 1 is 1.36 bits per heavy atom. The molecule has 0 aliphatic rings. The van der Waals surface area contributed by atoms with E-state index in [0.29, 0.717) is 0 Å². The van der Waals surface area contributed by atoms with Crippen molar-refractivity contribution in [2.45, 2.75) is 13.8 Å². The zero-order chi connectivity index (χ0) is 11.3. The van der Waals surface area contributed by atoms with Crippen molar-refractivity contribution in [1.29, 1.82) is 0 Å². The molecule has 0 aliphatic heterocycles. The van der Waals surface area contributed by atoms with Gasteiger partial charge >= 0.3 is 0 Å². The van der Waals surface area contributed by atoms with Gasteiger partial charge in [-0.1, -0.05) is 0 Å². The summed E-state index contributed by atoms with van der Waals surface area (Å²) in [5.41, 5.74) is 0. The molecule has 0 amide bonds. The number of nitro groups is 1. The van der Waals surface area contributed by atoms with Crippen molar-refractivity contribution in [1.82, 2.24) is 0 Å². The van der Waals surface area contributed by atoms with Crippen LogP contribution in [0.4, 0.5) is 0 Å². The minimum absolute atomic E-state index is 0.446. The van der Waals surface area contributed by atoms with Crippen molar-refractivity contribution in [2.24, 2.45) is 11.8 Å². The van der Waals surface area contributed by atoms with Crippen LogP contribution in [0, 0.1) is 22.0 Å². The Bertz CT molecular complexity index is 236. The first-order valence-corrected chi connectivity index (χ1v) is 4.13. The molecule has 0 rings (SSSR count). The lowest BCUT2D eigenvalue weighted by Gasteiger charge is -2.16. The largest absolute Gasteiger partial charge is 0.396 e. The first kappa shape index (κ1) is 12.7. The van der Waals surface area contributed by atoms with Gasteiger partial charge in [-0.15, -0.1) is 0 Å². The monoisotopic (exact) mass is 203 g/mol. The standard InChI is InChI=1S/C8H13NO5/c1-5(11)8(6(2)12)7(4-10)3-9(13)14/h7-8,10H,3-4H2,1-2H3. The molecule has 80 valence electrons. The second kappa shape index (κ2) is 5.43. The highest BCUT2D eigenvalue weighted by molar-refractivity contribution is 6.00. The number of Topliss-reactive ketones (excluding diaryl/α,β-unsaturated/α-hetero) is 2. The van der Waals surface area contributed by atoms with Gasteiger partial charge in [-0.2, -0.15) is 0 Å². The molecule has 0 aliphatic carbocycles. The minimum Gasteiger partial charge on any atom is -0.396 e. The van der Waals surface area contributed by atoms with Crippen LogP contribution in [0.25, 0.3) is 0 Å². The molecule has 1 unspecified atom stereocenters. The quantitative estimate of drug-likeness (QED) is 0.362. The molecule has 0 aromatic carbocycles. The average Bonchev–Trinajstić information content (AvgIpc) is 2.00. The summed E-state index contributed by atoms with van der Waals surface area (Å²) in [6, 6.07) is 0. The molecule has 0 heterocycles. The number of rotatable bonds is 6. The summed E-state index contributed by atoms with van der Waals surface area (Å²) < 4.78 is 0. The summed E-state index contributed by atoms with van der Waals surface area (Å²) in [5.74, 6) is -2.87. The van der Waals surface area contributed by atoms with E-state index in [0.717, 1.165) is 0 Å². The predicted octanol–water partition coefficient (Wildman–Crippen LogP) is -0.334. The number of nitrogens with zero attached hydrogens (tertiary/aromatic N) is 1. The highest BCUT2D eigenvalue weighted by Gasteiger charge is 2.32. The Balaban J connectivity index is 4.67. The van der Waals surface area contributed by atoms with Crippen LogP contribution in [0.2, 0.25) is 0 Å². The SMILES string of the molecule is CC(=O)C(C(C)=O)C(CO)C[N+](=O)[O-]. The summed E-state index contributed by atoms with van der Waals surface area (Å²) in [5, 5.41) is 19.0. The molecule has 0 aromatic rings. The molecule has 14 heavy (non-hydrogen) atoms. The van der Waals surface area contributed by atoms with Gasteiger partial charge in [0.1, 0.15) is 11.6 Å². The lowest BCUT2D eigenvalue weighted by atomic mass is 9.86. The van der Waals surface area contributed by atoms with Crippen LogP contribution in [-0.2, 0) is 9.59 Å². The van der Waals surface area contributed by atoms with E-state index in [1.165, 1.54) is 13.8 Å². The van der Waals surface area contributed by atoms with E-state index in [4.69, 9.17) is 5.11 Å². The maximum Gasteiger partial charge on any atom is 0.210 e. The van der Waals surface area contributed by atoms with Crippen molar-refractivity contribution in [2.75, 3.05) is 13.2 Å². The van der Waals surface area contributed by atoms with Crippen LogP contribution in [0.1, 0.15) is 13.8 Å². The molecule has 0 spiro atoms. The first-order valence-electron chi connectivity index (χ1n) is 4.13. The van der Waals surface area contributed by atoms with E-state index in [9.17, 15) is 19.7 Å². The molecule has 6 heteroatoms. The van der Waals surface area contributed by atoms with Gasteiger partial charge < -0.3 is 5.11 Å². The van der Waals surface area contributed by atoms with Crippen molar-refractivity contribution in [3.05, 3.63) is 10.1 Å². The van der Waals surface area contributed by atoms with E-state index in [1.54, 1.807) is 0 Å². The van der Waals surface area contributed by atoms with Crippen molar-refractivity contribution >= 4 is 11.6 Å². The summed E-state index contributed by atoms with van der Waals surface area (Å²) in [6.07, 6.45) is 0. The maximum absolute atomic E-state index is 11.0. The zero-order valence-electron chi connectivity index (χ0n) is 8.10. The van der Waals surface area contributed by atoms with Crippen LogP contribution < -0.4 is 0 Å².